The van der Waals surface area contributed by atoms with Crippen molar-refractivity contribution in [2.24, 2.45) is 0 Å². The summed E-state index contributed by atoms with van der Waals surface area (Å²) < 4.78 is 29.2. The van der Waals surface area contributed by atoms with Crippen LogP contribution in [-0.2, 0) is 10.3 Å². The van der Waals surface area contributed by atoms with E-state index in [1.54, 1.807) is 0 Å². The van der Waals surface area contributed by atoms with Crippen molar-refractivity contribution < 1.29 is 18.4 Å². The molecule has 1 unspecified atom stereocenters. The van der Waals surface area contributed by atoms with E-state index >= 15 is 0 Å². The molecule has 0 radical (unpaired) electrons. The molecule has 6 nitrogen and oxygen atoms in total. The van der Waals surface area contributed by atoms with Crippen LogP contribution in [0.2, 0.25) is 0 Å². The van der Waals surface area contributed by atoms with Gasteiger partial charge in [0.25, 0.3) is 0 Å². The standard InChI is InChI=1S/C23H19BrF2N4O2/c24-13-9-15(25)19(16(26)10-13)14-11-27-21(31)20(14)29-22(32)30-23(7-8-23)18-6-5-12-3-1-2-4-17(12)28-18/h1-6,9-10,14,20H,7-8,11H2,(H,27,31)(H2,29,30,32)/t14?,20-/m0/s1. The summed E-state index contributed by atoms with van der Waals surface area (Å²) in [6.45, 7) is 0.0244. The van der Waals surface area contributed by atoms with Gasteiger partial charge in [-0.15, -0.1) is 0 Å². The summed E-state index contributed by atoms with van der Waals surface area (Å²) in [6.07, 6.45) is 1.42. The summed E-state index contributed by atoms with van der Waals surface area (Å²) in [5.41, 5.74) is 0.722. The number of para-hydroxylation sites is 1. The minimum absolute atomic E-state index is 0.0244. The first-order chi connectivity index (χ1) is 15.4. The van der Waals surface area contributed by atoms with Crippen molar-refractivity contribution in [3.63, 3.8) is 0 Å². The third-order valence-electron chi connectivity index (χ3n) is 6.07. The largest absolute Gasteiger partial charge is 0.354 e. The van der Waals surface area contributed by atoms with Crippen LogP contribution in [0.1, 0.15) is 30.0 Å². The fourth-order valence-corrected chi connectivity index (χ4v) is 4.66. The number of urea groups is 1. The molecule has 1 saturated heterocycles. The lowest BCUT2D eigenvalue weighted by molar-refractivity contribution is -0.120. The second kappa shape index (κ2) is 7.81. The number of nitrogens with zero attached hydrogens (tertiary/aromatic N) is 1. The molecule has 1 aliphatic heterocycles. The van der Waals surface area contributed by atoms with Gasteiger partial charge in [-0.25, -0.2) is 13.6 Å². The number of carbonyl (C=O) groups excluding carboxylic acids is 2. The fraction of sp³-hybridized carbons (Fsp3) is 0.261. The van der Waals surface area contributed by atoms with Gasteiger partial charge >= 0.3 is 6.03 Å². The average Bonchev–Trinajstić information content (AvgIpc) is 3.45. The Morgan fingerprint density at radius 1 is 1.12 bits per heavy atom. The first kappa shape index (κ1) is 20.8. The van der Waals surface area contributed by atoms with E-state index in [4.69, 9.17) is 0 Å². The van der Waals surface area contributed by atoms with Gasteiger partial charge in [0.1, 0.15) is 17.7 Å². The second-order valence-corrected chi connectivity index (χ2v) is 9.10. The summed E-state index contributed by atoms with van der Waals surface area (Å²) in [5.74, 6) is -2.90. The fourth-order valence-electron chi connectivity index (χ4n) is 4.26. The Morgan fingerprint density at radius 3 is 2.56 bits per heavy atom. The maximum absolute atomic E-state index is 14.5. The van der Waals surface area contributed by atoms with Crippen molar-refractivity contribution in [1.29, 1.82) is 0 Å². The number of aromatic nitrogens is 1. The lowest BCUT2D eigenvalue weighted by Gasteiger charge is -2.23. The van der Waals surface area contributed by atoms with E-state index in [1.165, 1.54) is 0 Å². The Hall–Kier alpha value is -3.07. The molecule has 1 aliphatic carbocycles. The van der Waals surface area contributed by atoms with Crippen LogP contribution < -0.4 is 16.0 Å². The van der Waals surface area contributed by atoms with Crippen LogP contribution in [-0.4, -0.2) is 29.5 Å². The minimum Gasteiger partial charge on any atom is -0.354 e. The topological polar surface area (TPSA) is 83.1 Å². The predicted octanol–water partition coefficient (Wildman–Crippen LogP) is 3.85. The molecule has 2 fully saturated rings. The average molecular weight is 501 g/mol. The van der Waals surface area contributed by atoms with E-state index in [9.17, 15) is 18.4 Å². The van der Waals surface area contributed by atoms with Crippen LogP contribution in [0.3, 0.4) is 0 Å². The van der Waals surface area contributed by atoms with Crippen LogP contribution >= 0.6 is 15.9 Å². The van der Waals surface area contributed by atoms with Crippen LogP contribution in [0.15, 0.2) is 53.0 Å². The Kier molecular flexibility index (Phi) is 5.08. The summed E-state index contributed by atoms with van der Waals surface area (Å²) in [6, 6.07) is 12.1. The molecule has 1 aromatic heterocycles. The number of pyridine rings is 1. The SMILES string of the molecule is O=C(N[C@@H]1C(=O)NCC1c1c(F)cc(Br)cc1F)NC1(c2ccc3ccccc3n2)CC1. The molecule has 2 heterocycles. The first-order valence-corrected chi connectivity index (χ1v) is 11.0. The van der Waals surface area contributed by atoms with Gasteiger partial charge in [0.2, 0.25) is 5.91 Å². The summed E-state index contributed by atoms with van der Waals surface area (Å²) in [4.78, 5) is 29.9. The highest BCUT2D eigenvalue weighted by atomic mass is 79.9. The second-order valence-electron chi connectivity index (χ2n) is 8.18. The van der Waals surface area contributed by atoms with Gasteiger partial charge < -0.3 is 16.0 Å². The van der Waals surface area contributed by atoms with Crippen molar-refractivity contribution in [3.8, 4) is 0 Å². The molecular formula is C23H19BrF2N4O2. The molecule has 3 N–H and O–H groups in total. The van der Waals surface area contributed by atoms with Crippen molar-refractivity contribution in [2.45, 2.75) is 30.3 Å². The third kappa shape index (κ3) is 3.70. The van der Waals surface area contributed by atoms with Gasteiger partial charge in [0, 0.05) is 27.9 Å². The molecule has 9 heteroatoms. The molecule has 2 atom stereocenters. The number of fused-ring (bicyclic) bond motifs is 1. The number of halogens is 3. The third-order valence-corrected chi connectivity index (χ3v) is 6.53. The molecule has 0 spiro atoms. The predicted molar refractivity (Wildman–Crippen MR) is 118 cm³/mol. The van der Waals surface area contributed by atoms with Gasteiger partial charge in [-0.2, -0.15) is 0 Å². The smallest absolute Gasteiger partial charge is 0.316 e. The highest BCUT2D eigenvalue weighted by molar-refractivity contribution is 9.10. The highest BCUT2D eigenvalue weighted by Gasteiger charge is 2.48. The number of hydrogen-bond acceptors (Lipinski definition) is 3. The molecular weight excluding hydrogens is 482 g/mol. The van der Waals surface area contributed by atoms with E-state index in [-0.39, 0.29) is 16.6 Å². The summed E-state index contributed by atoms with van der Waals surface area (Å²) in [7, 11) is 0. The number of benzene rings is 2. The van der Waals surface area contributed by atoms with Gasteiger partial charge in [-0.05, 0) is 37.1 Å². The van der Waals surface area contributed by atoms with Crippen LogP contribution in [0.25, 0.3) is 10.9 Å². The monoisotopic (exact) mass is 500 g/mol. The number of rotatable bonds is 4. The molecule has 2 aromatic carbocycles. The van der Waals surface area contributed by atoms with Gasteiger partial charge in [0.15, 0.2) is 0 Å². The van der Waals surface area contributed by atoms with E-state index in [2.05, 4.69) is 36.9 Å². The Balaban J connectivity index is 1.35. The van der Waals surface area contributed by atoms with Crippen molar-refractivity contribution in [3.05, 3.63) is 75.9 Å². The molecule has 32 heavy (non-hydrogen) atoms. The molecule has 1 saturated carbocycles. The summed E-state index contributed by atoms with van der Waals surface area (Å²) in [5, 5.41) is 9.12. The quantitative estimate of drug-likeness (QED) is 0.508. The van der Waals surface area contributed by atoms with Gasteiger partial charge in [-0.1, -0.05) is 40.2 Å². The van der Waals surface area contributed by atoms with Crippen molar-refractivity contribution in [2.75, 3.05) is 6.54 Å². The van der Waals surface area contributed by atoms with E-state index in [0.717, 1.165) is 28.7 Å². The van der Waals surface area contributed by atoms with Crippen molar-refractivity contribution >= 4 is 38.8 Å². The number of carbonyl (C=O) groups is 2. The normalized spacial score (nSPS) is 21.3. The lowest BCUT2D eigenvalue weighted by Crippen LogP contribution is -2.50. The zero-order valence-corrected chi connectivity index (χ0v) is 18.4. The molecule has 0 bridgehead atoms. The Morgan fingerprint density at radius 2 is 1.84 bits per heavy atom. The molecule has 164 valence electrons. The number of nitrogens with one attached hydrogen (secondary N) is 3. The molecule has 2 aliphatic rings. The molecule has 3 amide bonds. The highest BCUT2D eigenvalue weighted by Crippen LogP contribution is 2.45. The summed E-state index contributed by atoms with van der Waals surface area (Å²) >= 11 is 3.05. The maximum atomic E-state index is 14.5. The number of hydrogen-bond donors (Lipinski definition) is 3. The van der Waals surface area contributed by atoms with Crippen LogP contribution in [0.5, 0.6) is 0 Å². The number of amides is 3. The van der Waals surface area contributed by atoms with E-state index < -0.39 is 41.1 Å². The van der Waals surface area contributed by atoms with E-state index in [0.29, 0.717) is 12.8 Å². The van der Waals surface area contributed by atoms with Crippen LogP contribution in [0.4, 0.5) is 13.6 Å². The first-order valence-electron chi connectivity index (χ1n) is 10.2. The van der Waals surface area contributed by atoms with Gasteiger partial charge in [-0.3, -0.25) is 9.78 Å². The lowest BCUT2D eigenvalue weighted by atomic mass is 9.93. The molecule has 3 aromatic rings. The minimum atomic E-state index is -1.10. The van der Waals surface area contributed by atoms with Crippen LogP contribution in [0, 0.1) is 11.6 Å². The Labute approximate surface area is 190 Å². The van der Waals surface area contributed by atoms with Crippen molar-refractivity contribution in [1.82, 2.24) is 20.9 Å². The van der Waals surface area contributed by atoms with Gasteiger partial charge in [0.05, 0.1) is 16.7 Å². The zero-order valence-electron chi connectivity index (χ0n) is 16.8. The zero-order chi connectivity index (χ0) is 22.5. The Bertz CT molecular complexity index is 1220. The molecule has 5 rings (SSSR count). The van der Waals surface area contributed by atoms with E-state index in [1.807, 2.05) is 36.4 Å². The maximum Gasteiger partial charge on any atom is 0.316 e.